The first-order valence-corrected chi connectivity index (χ1v) is 9.11. The molecule has 1 aromatic rings. The number of benzene rings is 1. The molecule has 0 bridgehead atoms. The monoisotopic (exact) mass is 378 g/mol. The number of aliphatic imine (C=N–C) groups is 1. The van der Waals surface area contributed by atoms with E-state index in [4.69, 9.17) is 9.47 Å². The Kier molecular flexibility index (Phi) is 6.76. The van der Waals surface area contributed by atoms with Gasteiger partial charge in [0.2, 0.25) is 0 Å². The molecular weight excluding hydrogens is 348 g/mol. The van der Waals surface area contributed by atoms with E-state index in [0.717, 1.165) is 0 Å². The number of aromatic hydroxyl groups is 1. The van der Waals surface area contributed by atoms with Crippen LogP contribution in [-0.4, -0.2) is 60.4 Å². The Balaban J connectivity index is 1.91. The fourth-order valence-corrected chi connectivity index (χ4v) is 2.58. The third-order valence-electron chi connectivity index (χ3n) is 3.93. The molecule has 0 spiro atoms. The van der Waals surface area contributed by atoms with E-state index in [1.165, 1.54) is 7.11 Å². The highest BCUT2D eigenvalue weighted by Gasteiger charge is 2.34. The molecule has 0 aliphatic carbocycles. The van der Waals surface area contributed by atoms with Crippen molar-refractivity contribution in [1.29, 1.82) is 0 Å². The summed E-state index contributed by atoms with van der Waals surface area (Å²) in [4.78, 5) is 18.2. The summed E-state index contributed by atoms with van der Waals surface area (Å²) in [7, 11) is 1.51. The largest absolute Gasteiger partial charge is 0.504 e. The van der Waals surface area contributed by atoms with Crippen molar-refractivity contribution in [3.05, 3.63) is 23.8 Å². The zero-order valence-corrected chi connectivity index (χ0v) is 16.7. The number of para-hydroxylation sites is 1. The van der Waals surface area contributed by atoms with Crippen LogP contribution in [0.5, 0.6) is 11.5 Å². The molecule has 27 heavy (non-hydrogen) atoms. The summed E-state index contributed by atoms with van der Waals surface area (Å²) in [5.41, 5.74) is 0.181. The molecule has 150 valence electrons. The summed E-state index contributed by atoms with van der Waals surface area (Å²) in [6.07, 6.45) is -0.302. The van der Waals surface area contributed by atoms with Gasteiger partial charge in [0.05, 0.1) is 19.7 Å². The maximum absolute atomic E-state index is 12.0. The summed E-state index contributed by atoms with van der Waals surface area (Å²) in [6.45, 7) is 9.67. The second kappa shape index (κ2) is 8.83. The average molecular weight is 378 g/mol. The van der Waals surface area contributed by atoms with Crippen LogP contribution in [0.2, 0.25) is 0 Å². The predicted octanol–water partition coefficient (Wildman–Crippen LogP) is 2.08. The molecule has 1 fully saturated rings. The van der Waals surface area contributed by atoms with Gasteiger partial charge in [-0.1, -0.05) is 12.1 Å². The van der Waals surface area contributed by atoms with E-state index in [1.807, 2.05) is 33.8 Å². The standard InChI is InChI=1S/C19H30N4O4/c1-6-20-17(21-10-13-8-7-9-15(26-5)16(13)24)22-14-11-23(12-14)18(25)27-19(2,3)4/h7-9,14,24H,6,10-12H2,1-5H3,(H2,20,21,22). The highest BCUT2D eigenvalue weighted by molar-refractivity contribution is 5.80. The van der Waals surface area contributed by atoms with Crippen LogP contribution in [0.4, 0.5) is 4.79 Å². The van der Waals surface area contributed by atoms with E-state index < -0.39 is 5.60 Å². The van der Waals surface area contributed by atoms with Crippen molar-refractivity contribution >= 4 is 12.1 Å². The number of phenolic OH excluding ortho intramolecular Hbond substituents is 1. The van der Waals surface area contributed by atoms with E-state index in [-0.39, 0.29) is 17.9 Å². The number of phenols is 1. The number of carbonyl (C=O) groups is 1. The van der Waals surface area contributed by atoms with Gasteiger partial charge in [0.25, 0.3) is 0 Å². The average Bonchev–Trinajstić information content (AvgIpc) is 2.54. The highest BCUT2D eigenvalue weighted by Crippen LogP contribution is 2.29. The number of likely N-dealkylation sites (tertiary alicyclic amines) is 1. The number of hydrogen-bond donors (Lipinski definition) is 3. The maximum atomic E-state index is 12.0. The smallest absolute Gasteiger partial charge is 0.410 e. The van der Waals surface area contributed by atoms with Crippen molar-refractivity contribution in [1.82, 2.24) is 15.5 Å². The minimum atomic E-state index is -0.495. The van der Waals surface area contributed by atoms with Gasteiger partial charge in [0.15, 0.2) is 17.5 Å². The zero-order valence-electron chi connectivity index (χ0n) is 16.7. The van der Waals surface area contributed by atoms with Gasteiger partial charge in [-0.25, -0.2) is 9.79 Å². The molecule has 2 rings (SSSR count). The Bertz CT molecular complexity index is 679. The second-order valence-electron chi connectivity index (χ2n) is 7.39. The lowest BCUT2D eigenvalue weighted by atomic mass is 10.1. The molecule has 1 aliphatic heterocycles. The molecule has 1 amide bonds. The SMILES string of the molecule is CCNC(=NCc1cccc(OC)c1O)NC1CN(C(=O)OC(C)(C)C)C1. The van der Waals surface area contributed by atoms with Gasteiger partial charge in [-0.05, 0) is 33.8 Å². The zero-order chi connectivity index (χ0) is 20.0. The summed E-state index contributed by atoms with van der Waals surface area (Å²) in [6, 6.07) is 5.42. The number of hydrogen-bond acceptors (Lipinski definition) is 5. The van der Waals surface area contributed by atoms with E-state index in [0.29, 0.717) is 43.5 Å². The van der Waals surface area contributed by atoms with Crippen molar-refractivity contribution in [2.75, 3.05) is 26.7 Å². The van der Waals surface area contributed by atoms with Gasteiger partial charge in [-0.2, -0.15) is 0 Å². The predicted molar refractivity (Wildman–Crippen MR) is 104 cm³/mol. The van der Waals surface area contributed by atoms with E-state index >= 15 is 0 Å². The second-order valence-corrected chi connectivity index (χ2v) is 7.39. The number of rotatable bonds is 5. The summed E-state index contributed by atoms with van der Waals surface area (Å²) >= 11 is 0. The number of carbonyl (C=O) groups excluding carboxylic acids is 1. The summed E-state index contributed by atoms with van der Waals surface area (Å²) in [5, 5.41) is 16.6. The van der Waals surface area contributed by atoms with Gasteiger partial charge in [-0.3, -0.25) is 0 Å². The van der Waals surface area contributed by atoms with Gasteiger partial charge in [-0.15, -0.1) is 0 Å². The van der Waals surface area contributed by atoms with Crippen molar-refractivity contribution in [2.45, 2.75) is 45.9 Å². The van der Waals surface area contributed by atoms with Crippen LogP contribution in [-0.2, 0) is 11.3 Å². The molecule has 0 atom stereocenters. The summed E-state index contributed by atoms with van der Waals surface area (Å²) < 4.78 is 10.5. The number of nitrogens with zero attached hydrogens (tertiary/aromatic N) is 2. The van der Waals surface area contributed by atoms with Gasteiger partial charge >= 0.3 is 6.09 Å². The number of guanidine groups is 1. The van der Waals surface area contributed by atoms with Crippen LogP contribution in [0.15, 0.2) is 23.2 Å². The molecule has 0 radical (unpaired) electrons. The van der Waals surface area contributed by atoms with Crippen LogP contribution in [0.1, 0.15) is 33.3 Å². The van der Waals surface area contributed by atoms with Gasteiger partial charge < -0.3 is 30.1 Å². The summed E-state index contributed by atoms with van der Waals surface area (Å²) in [5.74, 6) is 1.15. The Labute approximate surface area is 160 Å². The fraction of sp³-hybridized carbons (Fsp3) is 0.579. The molecule has 1 heterocycles. The molecular formula is C19H30N4O4. The normalized spacial score (nSPS) is 15.1. The minimum Gasteiger partial charge on any atom is -0.504 e. The lowest BCUT2D eigenvalue weighted by molar-refractivity contribution is 0.00700. The third kappa shape index (κ3) is 5.94. The van der Waals surface area contributed by atoms with Crippen molar-refractivity contribution in [3.8, 4) is 11.5 Å². The first-order valence-electron chi connectivity index (χ1n) is 9.11. The number of methoxy groups -OCH3 is 1. The molecule has 3 N–H and O–H groups in total. The van der Waals surface area contributed by atoms with Crippen molar-refractivity contribution in [2.24, 2.45) is 4.99 Å². The molecule has 1 aliphatic rings. The molecule has 1 aromatic carbocycles. The Hall–Kier alpha value is -2.64. The number of nitrogens with one attached hydrogen (secondary N) is 2. The third-order valence-corrected chi connectivity index (χ3v) is 3.93. The fourth-order valence-electron chi connectivity index (χ4n) is 2.58. The topological polar surface area (TPSA) is 95.4 Å². The molecule has 1 saturated heterocycles. The van der Waals surface area contributed by atoms with Gasteiger partial charge in [0, 0.05) is 25.2 Å². The Morgan fingerprint density at radius 3 is 2.67 bits per heavy atom. The first-order chi connectivity index (χ1) is 12.7. The molecule has 0 saturated carbocycles. The van der Waals surface area contributed by atoms with Gasteiger partial charge in [0.1, 0.15) is 5.60 Å². The molecule has 0 unspecified atom stereocenters. The van der Waals surface area contributed by atoms with Crippen LogP contribution in [0.3, 0.4) is 0 Å². The lowest BCUT2D eigenvalue weighted by Gasteiger charge is -2.40. The minimum absolute atomic E-state index is 0.0966. The van der Waals surface area contributed by atoms with E-state index in [1.54, 1.807) is 17.0 Å². The van der Waals surface area contributed by atoms with E-state index in [9.17, 15) is 9.90 Å². The first kappa shape index (κ1) is 20.7. The molecule has 0 aromatic heterocycles. The van der Waals surface area contributed by atoms with Crippen LogP contribution in [0, 0.1) is 0 Å². The van der Waals surface area contributed by atoms with Crippen LogP contribution >= 0.6 is 0 Å². The number of ether oxygens (including phenoxy) is 2. The quantitative estimate of drug-likeness (QED) is 0.536. The lowest BCUT2D eigenvalue weighted by Crippen LogP contribution is -2.63. The van der Waals surface area contributed by atoms with Crippen LogP contribution in [0.25, 0.3) is 0 Å². The van der Waals surface area contributed by atoms with Crippen molar-refractivity contribution in [3.63, 3.8) is 0 Å². The van der Waals surface area contributed by atoms with Crippen molar-refractivity contribution < 1.29 is 19.4 Å². The maximum Gasteiger partial charge on any atom is 0.410 e. The van der Waals surface area contributed by atoms with Crippen LogP contribution < -0.4 is 15.4 Å². The molecule has 8 heteroatoms. The Morgan fingerprint density at radius 1 is 1.37 bits per heavy atom. The molecule has 8 nitrogen and oxygen atoms in total. The van der Waals surface area contributed by atoms with E-state index in [2.05, 4.69) is 15.6 Å². The number of amides is 1. The Morgan fingerprint density at radius 2 is 2.07 bits per heavy atom. The highest BCUT2D eigenvalue weighted by atomic mass is 16.6.